The number of carbonyl (C=O) groups is 1. The summed E-state index contributed by atoms with van der Waals surface area (Å²) in [5.74, 6) is 3.27. The fourth-order valence-corrected chi connectivity index (χ4v) is 3.86. The van der Waals surface area contributed by atoms with E-state index < -0.39 is 0 Å². The Bertz CT molecular complexity index is 1310. The second-order valence-corrected chi connectivity index (χ2v) is 8.03. The Kier molecular flexibility index (Phi) is 10.1. The summed E-state index contributed by atoms with van der Waals surface area (Å²) >= 11 is 0. The highest BCUT2D eigenvalue weighted by Crippen LogP contribution is 2.39. The molecule has 0 aliphatic carbocycles. The van der Waals surface area contributed by atoms with Crippen molar-refractivity contribution in [2.75, 3.05) is 55.1 Å². The number of anilines is 1. The Morgan fingerprint density at radius 1 is 0.538 bits per heavy atom. The van der Waals surface area contributed by atoms with Gasteiger partial charge in [-0.05, 0) is 59.2 Å². The number of methoxy groups -OCH3 is 7. The van der Waals surface area contributed by atoms with Gasteiger partial charge < -0.3 is 38.5 Å². The van der Waals surface area contributed by atoms with Crippen LogP contribution in [0.1, 0.15) is 16.7 Å². The maximum atomic E-state index is 12.8. The molecule has 3 aromatic rings. The van der Waals surface area contributed by atoms with Crippen LogP contribution in [-0.4, -0.2) is 55.7 Å². The van der Waals surface area contributed by atoms with Crippen LogP contribution in [0, 0.1) is 0 Å². The van der Waals surface area contributed by atoms with Gasteiger partial charge in [0.1, 0.15) is 5.75 Å². The quantitative estimate of drug-likeness (QED) is 0.238. The molecule has 9 nitrogen and oxygen atoms in total. The van der Waals surface area contributed by atoms with E-state index >= 15 is 0 Å². The number of nitrogens with one attached hydrogen (secondary N) is 1. The van der Waals surface area contributed by atoms with Crippen molar-refractivity contribution in [3.8, 4) is 40.2 Å². The van der Waals surface area contributed by atoms with Crippen molar-refractivity contribution < 1.29 is 38.0 Å². The Morgan fingerprint density at radius 2 is 0.974 bits per heavy atom. The first-order valence-corrected chi connectivity index (χ1v) is 11.9. The molecule has 0 spiro atoms. The van der Waals surface area contributed by atoms with Crippen LogP contribution >= 0.6 is 0 Å². The summed E-state index contributed by atoms with van der Waals surface area (Å²) in [6.07, 6.45) is 6.88. The van der Waals surface area contributed by atoms with Crippen LogP contribution in [0.4, 0.5) is 5.69 Å². The fraction of sp³-hybridized carbons (Fsp3) is 0.233. The Balaban J connectivity index is 1.83. The number of benzene rings is 3. The van der Waals surface area contributed by atoms with Crippen LogP contribution in [-0.2, 0) is 4.79 Å². The average molecular weight is 536 g/mol. The minimum atomic E-state index is -0.340. The van der Waals surface area contributed by atoms with E-state index in [0.717, 1.165) is 11.1 Å². The average Bonchev–Trinajstić information content (AvgIpc) is 2.97. The summed E-state index contributed by atoms with van der Waals surface area (Å²) in [5.41, 5.74) is 2.91. The number of carbonyl (C=O) groups excluding carboxylic acids is 1. The molecule has 3 rings (SSSR count). The molecule has 0 bridgehead atoms. The van der Waals surface area contributed by atoms with Crippen LogP contribution in [0.15, 0.2) is 48.5 Å². The number of hydrogen-bond acceptors (Lipinski definition) is 8. The lowest BCUT2D eigenvalue weighted by atomic mass is 10.1. The molecule has 1 amide bonds. The summed E-state index contributed by atoms with van der Waals surface area (Å²) in [5, 5.41) is 2.87. The van der Waals surface area contributed by atoms with E-state index in [1.54, 1.807) is 52.7 Å². The molecule has 0 atom stereocenters. The van der Waals surface area contributed by atoms with Crippen LogP contribution in [0.5, 0.6) is 40.2 Å². The van der Waals surface area contributed by atoms with E-state index in [0.29, 0.717) is 51.5 Å². The number of hydrogen-bond donors (Lipinski definition) is 1. The Hall–Kier alpha value is -4.79. The lowest BCUT2D eigenvalue weighted by Crippen LogP contribution is -2.09. The molecule has 0 saturated carbocycles. The molecule has 0 fully saturated rings. The van der Waals surface area contributed by atoms with Crippen LogP contribution < -0.4 is 38.5 Å². The molecule has 0 saturated heterocycles. The van der Waals surface area contributed by atoms with Crippen molar-refractivity contribution in [3.63, 3.8) is 0 Å². The fourth-order valence-electron chi connectivity index (χ4n) is 3.86. The standard InChI is InChI=1S/C30H33NO8/c1-33-23-12-10-19(8-9-20-15-24(34-2)29(38-6)25(16-20)35-3)14-22(23)31-28(32)13-11-21-17-26(36-4)30(39-7)27(18-21)37-5/h8-18H,1-7H3,(H,31,32)/b9-8+,13-11+. The van der Waals surface area contributed by atoms with Crippen LogP contribution in [0.2, 0.25) is 0 Å². The molecule has 0 unspecified atom stereocenters. The van der Waals surface area contributed by atoms with Gasteiger partial charge in [0.2, 0.25) is 17.4 Å². The van der Waals surface area contributed by atoms with Crippen molar-refractivity contribution >= 4 is 29.8 Å². The molecule has 9 heteroatoms. The van der Waals surface area contributed by atoms with E-state index in [-0.39, 0.29) is 5.91 Å². The first-order chi connectivity index (χ1) is 18.9. The molecule has 0 aliphatic heterocycles. The molecular formula is C30H33NO8. The number of rotatable bonds is 12. The van der Waals surface area contributed by atoms with Gasteiger partial charge in [-0.1, -0.05) is 18.2 Å². The second kappa shape index (κ2) is 13.7. The molecule has 0 radical (unpaired) electrons. The normalized spacial score (nSPS) is 10.8. The molecule has 206 valence electrons. The lowest BCUT2D eigenvalue weighted by molar-refractivity contribution is -0.111. The lowest BCUT2D eigenvalue weighted by Gasteiger charge is -2.13. The summed E-state index contributed by atoms with van der Waals surface area (Å²) in [4.78, 5) is 12.8. The third-order valence-corrected chi connectivity index (χ3v) is 5.75. The van der Waals surface area contributed by atoms with Gasteiger partial charge in [0.05, 0.1) is 55.5 Å². The molecule has 0 aromatic heterocycles. The van der Waals surface area contributed by atoms with Gasteiger partial charge in [0.25, 0.3) is 0 Å². The highest BCUT2D eigenvalue weighted by molar-refractivity contribution is 6.03. The minimum absolute atomic E-state index is 0.340. The van der Waals surface area contributed by atoms with Crippen molar-refractivity contribution in [3.05, 3.63) is 65.2 Å². The summed E-state index contributed by atoms with van der Waals surface area (Å²) < 4.78 is 37.8. The second-order valence-electron chi connectivity index (χ2n) is 8.03. The summed E-state index contributed by atoms with van der Waals surface area (Å²) in [6, 6.07) is 12.7. The largest absolute Gasteiger partial charge is 0.495 e. The molecule has 39 heavy (non-hydrogen) atoms. The molecule has 1 N–H and O–H groups in total. The minimum Gasteiger partial charge on any atom is -0.495 e. The molecule has 3 aromatic carbocycles. The van der Waals surface area contributed by atoms with Gasteiger partial charge in [-0.25, -0.2) is 0 Å². The maximum Gasteiger partial charge on any atom is 0.248 e. The van der Waals surface area contributed by atoms with Crippen molar-refractivity contribution in [2.45, 2.75) is 0 Å². The maximum absolute atomic E-state index is 12.8. The van der Waals surface area contributed by atoms with E-state index in [2.05, 4.69) is 5.32 Å². The summed E-state index contributed by atoms with van der Waals surface area (Å²) in [7, 11) is 10.8. The zero-order valence-corrected chi connectivity index (χ0v) is 23.1. The van der Waals surface area contributed by atoms with Gasteiger partial charge in [-0.2, -0.15) is 0 Å². The van der Waals surface area contributed by atoms with Crippen molar-refractivity contribution in [2.24, 2.45) is 0 Å². The number of amides is 1. The predicted molar refractivity (Wildman–Crippen MR) is 152 cm³/mol. The summed E-state index contributed by atoms with van der Waals surface area (Å²) in [6.45, 7) is 0. The smallest absolute Gasteiger partial charge is 0.248 e. The SMILES string of the molecule is COc1ccc(/C=C/c2cc(OC)c(OC)c(OC)c2)cc1NC(=O)/C=C/c1cc(OC)c(OC)c(OC)c1. The topological polar surface area (TPSA) is 93.7 Å². The predicted octanol–water partition coefficient (Wildman–Crippen LogP) is 5.57. The van der Waals surface area contributed by atoms with Crippen LogP contribution in [0.3, 0.4) is 0 Å². The van der Waals surface area contributed by atoms with Crippen LogP contribution in [0.25, 0.3) is 18.2 Å². The van der Waals surface area contributed by atoms with E-state index in [1.807, 2.05) is 36.4 Å². The first-order valence-electron chi connectivity index (χ1n) is 11.9. The Labute approximate surface area is 228 Å². The monoisotopic (exact) mass is 535 g/mol. The van der Waals surface area contributed by atoms with Gasteiger partial charge in [-0.3, -0.25) is 4.79 Å². The molecule has 0 aliphatic rings. The van der Waals surface area contributed by atoms with Gasteiger partial charge in [0.15, 0.2) is 23.0 Å². The third-order valence-electron chi connectivity index (χ3n) is 5.75. The van der Waals surface area contributed by atoms with E-state index in [9.17, 15) is 4.79 Å². The number of ether oxygens (including phenoxy) is 7. The first kappa shape index (κ1) is 28.8. The van der Waals surface area contributed by atoms with Crippen molar-refractivity contribution in [1.29, 1.82) is 0 Å². The van der Waals surface area contributed by atoms with Gasteiger partial charge in [-0.15, -0.1) is 0 Å². The highest BCUT2D eigenvalue weighted by atomic mass is 16.5. The zero-order valence-electron chi connectivity index (χ0n) is 23.1. The third kappa shape index (κ3) is 6.95. The van der Waals surface area contributed by atoms with Gasteiger partial charge >= 0.3 is 0 Å². The van der Waals surface area contributed by atoms with E-state index in [4.69, 9.17) is 33.2 Å². The Morgan fingerprint density at radius 3 is 1.41 bits per heavy atom. The van der Waals surface area contributed by atoms with Gasteiger partial charge in [0, 0.05) is 6.08 Å². The van der Waals surface area contributed by atoms with E-state index in [1.165, 1.54) is 27.4 Å². The molecular weight excluding hydrogens is 502 g/mol. The molecule has 0 heterocycles. The highest BCUT2D eigenvalue weighted by Gasteiger charge is 2.14. The van der Waals surface area contributed by atoms with Crippen molar-refractivity contribution in [1.82, 2.24) is 0 Å². The zero-order chi connectivity index (χ0) is 28.4.